The second-order valence-corrected chi connectivity index (χ2v) is 6.94. The van der Waals surface area contributed by atoms with Crippen LogP contribution in [0.1, 0.15) is 33.1 Å². The van der Waals surface area contributed by atoms with Crippen molar-refractivity contribution in [2.45, 2.75) is 38.4 Å². The van der Waals surface area contributed by atoms with Crippen LogP contribution in [0.3, 0.4) is 0 Å². The summed E-state index contributed by atoms with van der Waals surface area (Å²) in [6.45, 7) is 5.80. The quantitative estimate of drug-likeness (QED) is 0.773. The summed E-state index contributed by atoms with van der Waals surface area (Å²) in [5, 5.41) is 3.10. The van der Waals surface area contributed by atoms with Crippen molar-refractivity contribution in [1.29, 1.82) is 0 Å². The van der Waals surface area contributed by atoms with Crippen molar-refractivity contribution in [3.8, 4) is 0 Å². The Morgan fingerprint density at radius 2 is 2.07 bits per heavy atom. The van der Waals surface area contributed by atoms with Gasteiger partial charge in [0.15, 0.2) is 9.84 Å². The van der Waals surface area contributed by atoms with E-state index in [1.165, 1.54) is 0 Å². The SMILES string of the molecule is CC(C)CNCC1CCCCS1(=O)=O. The van der Waals surface area contributed by atoms with E-state index in [4.69, 9.17) is 0 Å². The summed E-state index contributed by atoms with van der Waals surface area (Å²) >= 11 is 0. The number of sulfone groups is 1. The highest BCUT2D eigenvalue weighted by molar-refractivity contribution is 7.92. The fourth-order valence-corrected chi connectivity index (χ4v) is 3.62. The second-order valence-electron chi connectivity index (χ2n) is 4.54. The lowest BCUT2D eigenvalue weighted by Gasteiger charge is -2.22. The summed E-state index contributed by atoms with van der Waals surface area (Å²) < 4.78 is 23.2. The van der Waals surface area contributed by atoms with Gasteiger partial charge in [-0.3, -0.25) is 0 Å². The Morgan fingerprint density at radius 3 is 2.64 bits per heavy atom. The molecule has 1 atom stereocenters. The first-order valence-corrected chi connectivity index (χ1v) is 7.16. The highest BCUT2D eigenvalue weighted by Crippen LogP contribution is 2.18. The standard InChI is InChI=1S/C10H21NO2S/c1-9(2)7-11-8-10-5-3-4-6-14(10,12)13/h9-11H,3-8H2,1-2H3. The molecule has 1 rings (SSSR count). The summed E-state index contributed by atoms with van der Waals surface area (Å²) in [4.78, 5) is 0. The molecule has 1 unspecified atom stereocenters. The van der Waals surface area contributed by atoms with Crippen molar-refractivity contribution in [1.82, 2.24) is 5.32 Å². The van der Waals surface area contributed by atoms with Crippen LogP contribution in [0.25, 0.3) is 0 Å². The summed E-state index contributed by atoms with van der Waals surface area (Å²) in [5.74, 6) is 0.974. The first-order valence-electron chi connectivity index (χ1n) is 5.44. The van der Waals surface area contributed by atoms with Gasteiger partial charge >= 0.3 is 0 Å². The fourth-order valence-electron chi connectivity index (χ4n) is 1.78. The van der Waals surface area contributed by atoms with Gasteiger partial charge in [-0.1, -0.05) is 20.3 Å². The molecule has 0 aromatic heterocycles. The molecule has 1 heterocycles. The Hall–Kier alpha value is -0.0900. The van der Waals surface area contributed by atoms with E-state index in [0.717, 1.165) is 25.8 Å². The van der Waals surface area contributed by atoms with Gasteiger partial charge in [0, 0.05) is 6.54 Å². The third kappa shape index (κ3) is 3.58. The summed E-state index contributed by atoms with van der Waals surface area (Å²) in [6, 6.07) is 0. The lowest BCUT2D eigenvalue weighted by Crippen LogP contribution is -2.38. The number of hydrogen-bond acceptors (Lipinski definition) is 3. The minimum Gasteiger partial charge on any atom is -0.315 e. The Kier molecular flexibility index (Phi) is 4.38. The molecule has 1 saturated heterocycles. The average molecular weight is 219 g/mol. The van der Waals surface area contributed by atoms with Crippen molar-refractivity contribution in [3.05, 3.63) is 0 Å². The van der Waals surface area contributed by atoms with Crippen LogP contribution in [0.2, 0.25) is 0 Å². The maximum Gasteiger partial charge on any atom is 0.154 e. The van der Waals surface area contributed by atoms with Crippen LogP contribution in [0.15, 0.2) is 0 Å². The molecule has 14 heavy (non-hydrogen) atoms. The van der Waals surface area contributed by atoms with Crippen LogP contribution < -0.4 is 5.32 Å². The molecule has 0 radical (unpaired) electrons. The zero-order valence-corrected chi connectivity index (χ0v) is 9.94. The van der Waals surface area contributed by atoms with Crippen LogP contribution >= 0.6 is 0 Å². The van der Waals surface area contributed by atoms with Crippen LogP contribution in [-0.4, -0.2) is 32.5 Å². The van der Waals surface area contributed by atoms with Gasteiger partial charge in [0.1, 0.15) is 0 Å². The highest BCUT2D eigenvalue weighted by Gasteiger charge is 2.27. The summed E-state index contributed by atoms with van der Waals surface area (Å²) in [7, 11) is -2.78. The highest BCUT2D eigenvalue weighted by atomic mass is 32.2. The largest absolute Gasteiger partial charge is 0.315 e. The molecular weight excluding hydrogens is 198 g/mol. The minimum atomic E-state index is -2.78. The predicted octanol–water partition coefficient (Wildman–Crippen LogP) is 1.20. The van der Waals surface area contributed by atoms with Crippen molar-refractivity contribution in [2.75, 3.05) is 18.8 Å². The van der Waals surface area contributed by atoms with Gasteiger partial charge in [-0.15, -0.1) is 0 Å². The van der Waals surface area contributed by atoms with E-state index in [-0.39, 0.29) is 5.25 Å². The lowest BCUT2D eigenvalue weighted by atomic mass is 10.2. The molecule has 0 aromatic rings. The molecule has 3 nitrogen and oxygen atoms in total. The van der Waals surface area contributed by atoms with Gasteiger partial charge in [0.2, 0.25) is 0 Å². The molecular formula is C10H21NO2S. The van der Waals surface area contributed by atoms with Crippen LogP contribution in [-0.2, 0) is 9.84 Å². The van der Waals surface area contributed by atoms with Gasteiger partial charge in [0.25, 0.3) is 0 Å². The molecule has 1 N–H and O–H groups in total. The minimum absolute atomic E-state index is 0.130. The Morgan fingerprint density at radius 1 is 1.36 bits per heavy atom. The van der Waals surface area contributed by atoms with Crippen LogP contribution in [0.5, 0.6) is 0 Å². The van der Waals surface area contributed by atoms with Crippen molar-refractivity contribution in [2.24, 2.45) is 5.92 Å². The maximum absolute atomic E-state index is 11.6. The molecule has 0 amide bonds. The third-order valence-electron chi connectivity index (χ3n) is 2.64. The lowest BCUT2D eigenvalue weighted by molar-refractivity contribution is 0.497. The van der Waals surface area contributed by atoms with E-state index >= 15 is 0 Å². The Labute approximate surface area is 87.2 Å². The van der Waals surface area contributed by atoms with Crippen molar-refractivity contribution >= 4 is 9.84 Å². The third-order valence-corrected chi connectivity index (χ3v) is 4.91. The van der Waals surface area contributed by atoms with Crippen molar-refractivity contribution in [3.63, 3.8) is 0 Å². The van der Waals surface area contributed by atoms with E-state index in [0.29, 0.717) is 18.2 Å². The topological polar surface area (TPSA) is 46.2 Å². The van der Waals surface area contributed by atoms with E-state index in [1.54, 1.807) is 0 Å². The monoisotopic (exact) mass is 219 g/mol. The first-order chi connectivity index (χ1) is 6.52. The van der Waals surface area contributed by atoms with Crippen LogP contribution in [0.4, 0.5) is 0 Å². The normalized spacial score (nSPS) is 26.6. The first kappa shape index (κ1) is 12.0. The Bertz CT molecular complexity index is 259. The number of nitrogens with one attached hydrogen (secondary N) is 1. The summed E-state index contributed by atoms with van der Waals surface area (Å²) in [6.07, 6.45) is 2.75. The van der Waals surface area contributed by atoms with Crippen molar-refractivity contribution < 1.29 is 8.42 Å². The van der Waals surface area contributed by atoms with E-state index < -0.39 is 9.84 Å². The zero-order chi connectivity index (χ0) is 10.6. The molecule has 1 aliphatic rings. The molecule has 0 bridgehead atoms. The van der Waals surface area contributed by atoms with E-state index in [2.05, 4.69) is 19.2 Å². The smallest absolute Gasteiger partial charge is 0.154 e. The molecule has 1 fully saturated rings. The van der Waals surface area contributed by atoms with Gasteiger partial charge in [0.05, 0.1) is 11.0 Å². The fraction of sp³-hybridized carbons (Fsp3) is 1.00. The van der Waals surface area contributed by atoms with Crippen LogP contribution in [0, 0.1) is 5.92 Å². The molecule has 4 heteroatoms. The second kappa shape index (κ2) is 5.12. The molecule has 84 valence electrons. The molecule has 0 aromatic carbocycles. The van der Waals surface area contributed by atoms with Gasteiger partial charge < -0.3 is 5.32 Å². The molecule has 0 saturated carbocycles. The van der Waals surface area contributed by atoms with Gasteiger partial charge in [-0.25, -0.2) is 8.42 Å². The van der Waals surface area contributed by atoms with E-state index in [9.17, 15) is 8.42 Å². The molecule has 0 aliphatic carbocycles. The van der Waals surface area contributed by atoms with E-state index in [1.807, 2.05) is 0 Å². The molecule has 1 aliphatic heterocycles. The average Bonchev–Trinajstić information content (AvgIpc) is 2.07. The number of rotatable bonds is 4. The zero-order valence-electron chi connectivity index (χ0n) is 9.12. The number of hydrogen-bond donors (Lipinski definition) is 1. The molecule has 0 spiro atoms. The maximum atomic E-state index is 11.6. The Balaban J connectivity index is 2.35. The predicted molar refractivity (Wildman–Crippen MR) is 59.1 cm³/mol. The van der Waals surface area contributed by atoms with Gasteiger partial charge in [-0.05, 0) is 25.3 Å². The summed E-state index contributed by atoms with van der Waals surface area (Å²) in [5.41, 5.74) is 0. The van der Waals surface area contributed by atoms with Gasteiger partial charge in [-0.2, -0.15) is 0 Å².